The first-order chi connectivity index (χ1) is 8.95. The number of hydrogen-bond donors (Lipinski definition) is 2. The number of carbonyl (C=O) groups is 3. The maximum absolute atomic E-state index is 11.7. The van der Waals surface area contributed by atoms with Crippen LogP contribution < -0.4 is 11.1 Å². The van der Waals surface area contributed by atoms with Crippen molar-refractivity contribution in [3.05, 3.63) is 0 Å². The van der Waals surface area contributed by atoms with E-state index in [-0.39, 0.29) is 11.9 Å². The zero-order valence-electron chi connectivity index (χ0n) is 11.3. The molecule has 1 aliphatic rings. The van der Waals surface area contributed by atoms with Crippen molar-refractivity contribution in [1.29, 1.82) is 0 Å². The first-order valence-electron chi connectivity index (χ1n) is 6.46. The highest BCUT2D eigenvalue weighted by atomic mass is 16.5. The third-order valence-electron chi connectivity index (χ3n) is 3.25. The average molecular weight is 271 g/mol. The lowest BCUT2D eigenvalue weighted by Crippen LogP contribution is -2.52. The lowest BCUT2D eigenvalue weighted by molar-refractivity contribution is -0.151. The quantitative estimate of drug-likeness (QED) is 0.692. The first kappa shape index (κ1) is 15.4. The number of nitrogens with two attached hydrogens (primary N) is 1. The molecule has 0 aromatic heterocycles. The van der Waals surface area contributed by atoms with Crippen molar-refractivity contribution in [2.24, 2.45) is 11.7 Å². The molecule has 0 bridgehead atoms. The molecule has 0 aliphatic carbocycles. The number of esters is 1. The summed E-state index contributed by atoms with van der Waals surface area (Å²) in [5.41, 5.74) is 4.91. The number of piperidine rings is 1. The van der Waals surface area contributed by atoms with Crippen molar-refractivity contribution in [1.82, 2.24) is 10.2 Å². The molecule has 1 fully saturated rings. The minimum absolute atomic E-state index is 0.211. The minimum atomic E-state index is -0.865. The summed E-state index contributed by atoms with van der Waals surface area (Å²) < 4.78 is 4.99. The average Bonchev–Trinajstić information content (AvgIpc) is 2.37. The van der Waals surface area contributed by atoms with Gasteiger partial charge in [0.2, 0.25) is 5.91 Å². The Morgan fingerprint density at radius 2 is 2.16 bits per heavy atom. The summed E-state index contributed by atoms with van der Waals surface area (Å²) >= 11 is 0. The predicted molar refractivity (Wildman–Crippen MR) is 68.1 cm³/mol. The van der Waals surface area contributed by atoms with Crippen LogP contribution in [0.15, 0.2) is 0 Å². The molecule has 1 rings (SSSR count). The first-order valence-corrected chi connectivity index (χ1v) is 6.46. The van der Waals surface area contributed by atoms with E-state index in [1.165, 1.54) is 0 Å². The monoisotopic (exact) mass is 271 g/mol. The number of likely N-dealkylation sites (tertiary alicyclic amines) is 1. The summed E-state index contributed by atoms with van der Waals surface area (Å²) in [6.45, 7) is 4.98. The maximum atomic E-state index is 11.7. The number of carbonyl (C=O) groups excluding carboxylic acids is 3. The van der Waals surface area contributed by atoms with E-state index in [2.05, 4.69) is 5.32 Å². The second-order valence-corrected chi connectivity index (χ2v) is 4.62. The molecule has 3 N–H and O–H groups in total. The summed E-state index contributed by atoms with van der Waals surface area (Å²) in [5.74, 6) is -0.885. The van der Waals surface area contributed by atoms with Crippen molar-refractivity contribution in [3.8, 4) is 0 Å². The van der Waals surface area contributed by atoms with Gasteiger partial charge in [-0.15, -0.1) is 0 Å². The molecule has 1 saturated heterocycles. The van der Waals surface area contributed by atoms with Crippen LogP contribution in [-0.2, 0) is 14.3 Å². The van der Waals surface area contributed by atoms with E-state index < -0.39 is 18.0 Å². The van der Waals surface area contributed by atoms with Crippen LogP contribution in [0.5, 0.6) is 0 Å². The van der Waals surface area contributed by atoms with Crippen molar-refractivity contribution < 1.29 is 19.1 Å². The second-order valence-electron chi connectivity index (χ2n) is 4.62. The van der Waals surface area contributed by atoms with Crippen LogP contribution >= 0.6 is 0 Å². The number of nitrogens with zero attached hydrogens (tertiary/aromatic N) is 1. The molecular weight excluding hydrogens is 250 g/mol. The largest absolute Gasteiger partial charge is 0.466 e. The van der Waals surface area contributed by atoms with Crippen LogP contribution in [0, 0.1) is 5.92 Å². The highest BCUT2D eigenvalue weighted by molar-refractivity contribution is 5.96. The molecule has 0 radical (unpaired) electrons. The summed E-state index contributed by atoms with van der Waals surface area (Å²) in [6.07, 6.45) is 1.58. The zero-order chi connectivity index (χ0) is 14.4. The van der Waals surface area contributed by atoms with E-state index in [1.807, 2.05) is 4.90 Å². The topological polar surface area (TPSA) is 102 Å². The third kappa shape index (κ3) is 4.51. The van der Waals surface area contributed by atoms with Gasteiger partial charge in [-0.2, -0.15) is 0 Å². The van der Waals surface area contributed by atoms with Gasteiger partial charge in [0.15, 0.2) is 0 Å². The number of urea groups is 1. The molecule has 1 heterocycles. The minimum Gasteiger partial charge on any atom is -0.466 e. The fraction of sp³-hybridized carbons (Fsp3) is 0.750. The summed E-state index contributed by atoms with van der Waals surface area (Å²) in [6, 6.07) is -1.36. The molecule has 0 saturated carbocycles. The molecule has 2 atom stereocenters. The van der Waals surface area contributed by atoms with Crippen molar-refractivity contribution in [2.75, 3.05) is 19.7 Å². The predicted octanol–water partition coefficient (Wildman–Crippen LogP) is -0.155. The standard InChI is InChI=1S/C12H21N3O4/c1-3-19-11(17)9-5-4-6-15(7-9)8(2)10(16)14-12(13)18/h8-9H,3-7H2,1-2H3,(H3,13,14,16,18). The molecule has 0 aromatic carbocycles. The van der Waals surface area contributed by atoms with Gasteiger partial charge in [-0.1, -0.05) is 0 Å². The Kier molecular flexibility index (Phi) is 5.75. The van der Waals surface area contributed by atoms with E-state index in [1.54, 1.807) is 13.8 Å². The maximum Gasteiger partial charge on any atom is 0.318 e. The Hall–Kier alpha value is -1.63. The highest BCUT2D eigenvalue weighted by Gasteiger charge is 2.31. The number of hydrogen-bond acceptors (Lipinski definition) is 5. The van der Waals surface area contributed by atoms with Gasteiger partial charge in [0.25, 0.3) is 0 Å². The summed E-state index contributed by atoms with van der Waals surface area (Å²) in [4.78, 5) is 35.9. The zero-order valence-corrected chi connectivity index (χ0v) is 11.3. The van der Waals surface area contributed by atoms with Gasteiger partial charge in [0.1, 0.15) is 0 Å². The molecule has 1 aliphatic heterocycles. The molecule has 0 aromatic rings. The smallest absolute Gasteiger partial charge is 0.318 e. The Bertz CT molecular complexity index is 359. The Labute approximate surface area is 112 Å². The molecule has 7 nitrogen and oxygen atoms in total. The van der Waals surface area contributed by atoms with Crippen molar-refractivity contribution in [3.63, 3.8) is 0 Å². The Balaban J connectivity index is 2.56. The number of nitrogens with one attached hydrogen (secondary N) is 1. The normalized spacial score (nSPS) is 21.5. The SMILES string of the molecule is CCOC(=O)C1CCCN(C(C)C(=O)NC(N)=O)C1. The van der Waals surface area contributed by atoms with Crippen molar-refractivity contribution in [2.45, 2.75) is 32.7 Å². The Morgan fingerprint density at radius 3 is 2.74 bits per heavy atom. The molecule has 0 spiro atoms. The fourth-order valence-corrected chi connectivity index (χ4v) is 2.20. The van der Waals surface area contributed by atoms with Gasteiger partial charge in [0.05, 0.1) is 18.6 Å². The lowest BCUT2D eigenvalue weighted by Gasteiger charge is -2.34. The van der Waals surface area contributed by atoms with Crippen LogP contribution in [0.2, 0.25) is 0 Å². The van der Waals surface area contributed by atoms with E-state index in [4.69, 9.17) is 10.5 Å². The van der Waals surface area contributed by atoms with Gasteiger partial charge in [-0.05, 0) is 33.2 Å². The van der Waals surface area contributed by atoms with Crippen LogP contribution in [0.25, 0.3) is 0 Å². The molecule has 2 unspecified atom stereocenters. The number of imide groups is 1. The van der Waals surface area contributed by atoms with E-state index in [0.29, 0.717) is 19.7 Å². The van der Waals surface area contributed by atoms with Crippen molar-refractivity contribution >= 4 is 17.9 Å². The number of amides is 3. The molecule has 19 heavy (non-hydrogen) atoms. The van der Waals surface area contributed by atoms with Crippen LogP contribution in [-0.4, -0.2) is 48.5 Å². The summed E-state index contributed by atoms with van der Waals surface area (Å²) in [5, 5.41) is 2.05. The molecule has 108 valence electrons. The second kappa shape index (κ2) is 7.08. The van der Waals surface area contributed by atoms with Gasteiger partial charge >= 0.3 is 12.0 Å². The number of rotatable bonds is 4. The Morgan fingerprint density at radius 1 is 1.47 bits per heavy atom. The third-order valence-corrected chi connectivity index (χ3v) is 3.25. The van der Waals surface area contributed by atoms with Crippen LogP contribution in [0.4, 0.5) is 4.79 Å². The van der Waals surface area contributed by atoms with Gasteiger partial charge in [-0.3, -0.25) is 19.8 Å². The summed E-state index contributed by atoms with van der Waals surface area (Å²) in [7, 11) is 0. The van der Waals surface area contributed by atoms with Gasteiger partial charge in [0, 0.05) is 6.54 Å². The molecule has 7 heteroatoms. The lowest BCUT2D eigenvalue weighted by atomic mass is 9.97. The highest BCUT2D eigenvalue weighted by Crippen LogP contribution is 2.19. The van der Waals surface area contributed by atoms with Gasteiger partial charge < -0.3 is 10.5 Å². The fourth-order valence-electron chi connectivity index (χ4n) is 2.20. The van der Waals surface area contributed by atoms with E-state index >= 15 is 0 Å². The molecular formula is C12H21N3O4. The van der Waals surface area contributed by atoms with E-state index in [0.717, 1.165) is 12.8 Å². The van der Waals surface area contributed by atoms with Gasteiger partial charge in [-0.25, -0.2) is 4.79 Å². The van der Waals surface area contributed by atoms with Crippen LogP contribution in [0.1, 0.15) is 26.7 Å². The number of primary amides is 1. The van der Waals surface area contributed by atoms with E-state index in [9.17, 15) is 14.4 Å². The molecule has 3 amide bonds. The number of ether oxygens (including phenoxy) is 1. The van der Waals surface area contributed by atoms with Crippen LogP contribution in [0.3, 0.4) is 0 Å².